The molecule has 9 heteroatoms. The Morgan fingerprint density at radius 2 is 1.83 bits per heavy atom. The van der Waals surface area contributed by atoms with E-state index in [0.29, 0.717) is 16.9 Å². The quantitative estimate of drug-likeness (QED) is 0.399. The molecular formula is C20H18N4O5. The molecule has 0 aliphatic carbocycles. The first-order chi connectivity index (χ1) is 13.7. The maximum Gasteiger partial charge on any atom is 0.335 e. The Hall–Kier alpha value is -4.01. The van der Waals surface area contributed by atoms with Crippen molar-refractivity contribution in [2.45, 2.75) is 20.8 Å². The summed E-state index contributed by atoms with van der Waals surface area (Å²) in [6.45, 7) is 5.26. The van der Waals surface area contributed by atoms with Gasteiger partial charge in [-0.3, -0.25) is 24.9 Å². The number of H-pyrrole nitrogens is 1. The fraction of sp³-hybridized carbons (Fsp3) is 0.150. The van der Waals surface area contributed by atoms with Gasteiger partial charge in [0.25, 0.3) is 11.2 Å². The van der Waals surface area contributed by atoms with E-state index in [2.05, 4.69) is 9.98 Å². The van der Waals surface area contributed by atoms with Crippen LogP contribution in [0.1, 0.15) is 22.3 Å². The predicted octanol–water partition coefficient (Wildman–Crippen LogP) is 2.82. The second-order valence-electron chi connectivity index (χ2n) is 6.61. The van der Waals surface area contributed by atoms with Gasteiger partial charge in [-0.15, -0.1) is 0 Å². The van der Waals surface area contributed by atoms with Gasteiger partial charge in [-0.2, -0.15) is 0 Å². The van der Waals surface area contributed by atoms with Crippen molar-refractivity contribution in [3.63, 3.8) is 0 Å². The standard InChI is InChI=1S/C20H18N4O5/c1-11-4-5-12(2)17(8-11)23-19(26)15(18(25)22-20(23)27)10-21-16-7-6-14(24(28)29)9-13(16)3/h4-10,26H,1-3H3,(H,22,25,27). The summed E-state index contributed by atoms with van der Waals surface area (Å²) < 4.78 is 1.01. The van der Waals surface area contributed by atoms with E-state index in [-0.39, 0.29) is 11.3 Å². The van der Waals surface area contributed by atoms with Gasteiger partial charge in [-0.1, -0.05) is 12.1 Å². The van der Waals surface area contributed by atoms with Crippen molar-refractivity contribution in [1.29, 1.82) is 0 Å². The van der Waals surface area contributed by atoms with Crippen LogP contribution in [0.25, 0.3) is 5.69 Å². The number of nitrogens with zero attached hydrogens (tertiary/aromatic N) is 3. The molecule has 0 spiro atoms. The number of aromatic amines is 1. The smallest absolute Gasteiger partial charge is 0.335 e. The number of nitrogens with one attached hydrogen (secondary N) is 1. The van der Waals surface area contributed by atoms with Crippen LogP contribution >= 0.6 is 0 Å². The Morgan fingerprint density at radius 1 is 1.10 bits per heavy atom. The van der Waals surface area contributed by atoms with Crippen molar-refractivity contribution in [2.24, 2.45) is 4.99 Å². The number of rotatable bonds is 4. The summed E-state index contributed by atoms with van der Waals surface area (Å²) in [5.41, 5.74) is 1.10. The molecule has 9 nitrogen and oxygen atoms in total. The monoisotopic (exact) mass is 394 g/mol. The lowest BCUT2D eigenvalue weighted by Crippen LogP contribution is -2.31. The molecule has 2 aromatic carbocycles. The number of aromatic hydroxyl groups is 1. The van der Waals surface area contributed by atoms with Crippen molar-refractivity contribution in [3.8, 4) is 11.6 Å². The minimum Gasteiger partial charge on any atom is -0.493 e. The number of non-ortho nitro benzene ring substituents is 1. The molecule has 1 heterocycles. The summed E-state index contributed by atoms with van der Waals surface area (Å²) in [6, 6.07) is 9.47. The SMILES string of the molecule is Cc1ccc(C)c(-n2c(O)c(C=Nc3ccc([N+](=O)[O-])cc3C)c(=O)[nH]c2=O)c1. The molecule has 0 unspecified atom stereocenters. The maximum atomic E-state index is 12.3. The third-order valence-electron chi connectivity index (χ3n) is 4.45. The van der Waals surface area contributed by atoms with Crippen molar-refractivity contribution >= 4 is 17.6 Å². The minimum atomic E-state index is -0.794. The van der Waals surface area contributed by atoms with Gasteiger partial charge in [0.15, 0.2) is 0 Å². The largest absolute Gasteiger partial charge is 0.493 e. The summed E-state index contributed by atoms with van der Waals surface area (Å²) in [5, 5.41) is 21.5. The molecule has 0 atom stereocenters. The third-order valence-corrected chi connectivity index (χ3v) is 4.45. The van der Waals surface area contributed by atoms with E-state index in [1.807, 2.05) is 13.0 Å². The second-order valence-corrected chi connectivity index (χ2v) is 6.61. The Labute approximate surface area is 164 Å². The van der Waals surface area contributed by atoms with E-state index < -0.39 is 22.1 Å². The number of aliphatic imine (C=N–C) groups is 1. The van der Waals surface area contributed by atoms with Crippen LogP contribution in [0, 0.1) is 30.9 Å². The molecule has 29 heavy (non-hydrogen) atoms. The maximum absolute atomic E-state index is 12.3. The van der Waals surface area contributed by atoms with Gasteiger partial charge in [0, 0.05) is 18.3 Å². The second kappa shape index (κ2) is 7.55. The number of aryl methyl sites for hydroxylation is 3. The average Bonchev–Trinajstić information content (AvgIpc) is 2.65. The number of hydrogen-bond acceptors (Lipinski definition) is 6. The number of benzene rings is 2. The summed E-state index contributed by atoms with van der Waals surface area (Å²) in [5.74, 6) is -0.546. The van der Waals surface area contributed by atoms with E-state index in [4.69, 9.17) is 0 Å². The molecule has 2 N–H and O–H groups in total. The first-order valence-corrected chi connectivity index (χ1v) is 8.64. The first kappa shape index (κ1) is 19.7. The molecule has 0 saturated heterocycles. The zero-order chi connectivity index (χ0) is 21.3. The number of nitro benzene ring substituents is 1. The van der Waals surface area contributed by atoms with Crippen molar-refractivity contribution < 1.29 is 10.0 Å². The summed E-state index contributed by atoms with van der Waals surface area (Å²) in [6.07, 6.45) is 1.13. The van der Waals surface area contributed by atoms with Crippen LogP contribution in [0.2, 0.25) is 0 Å². The topological polar surface area (TPSA) is 131 Å². The molecule has 0 aliphatic rings. The van der Waals surface area contributed by atoms with Gasteiger partial charge in [-0.05, 0) is 49.6 Å². The van der Waals surface area contributed by atoms with E-state index in [1.165, 1.54) is 18.2 Å². The van der Waals surface area contributed by atoms with Crippen LogP contribution < -0.4 is 11.2 Å². The minimum absolute atomic E-state index is 0.0781. The zero-order valence-electron chi connectivity index (χ0n) is 16.0. The van der Waals surface area contributed by atoms with E-state index >= 15 is 0 Å². The Balaban J connectivity index is 2.13. The lowest BCUT2D eigenvalue weighted by molar-refractivity contribution is -0.384. The fourth-order valence-corrected chi connectivity index (χ4v) is 2.87. The van der Waals surface area contributed by atoms with Crippen LogP contribution in [0.4, 0.5) is 11.4 Å². The van der Waals surface area contributed by atoms with Crippen LogP contribution in [0.3, 0.4) is 0 Å². The normalized spacial score (nSPS) is 11.1. The Kier molecular flexibility index (Phi) is 5.14. The number of nitro groups is 1. The lowest BCUT2D eigenvalue weighted by atomic mass is 10.1. The van der Waals surface area contributed by atoms with Gasteiger partial charge in [-0.25, -0.2) is 9.36 Å². The molecule has 0 aliphatic heterocycles. The zero-order valence-corrected chi connectivity index (χ0v) is 16.0. The molecule has 0 fully saturated rings. The molecule has 0 bridgehead atoms. The lowest BCUT2D eigenvalue weighted by Gasteiger charge is -2.13. The highest BCUT2D eigenvalue weighted by Crippen LogP contribution is 2.24. The molecule has 148 valence electrons. The Morgan fingerprint density at radius 3 is 2.48 bits per heavy atom. The number of hydrogen-bond donors (Lipinski definition) is 2. The third kappa shape index (κ3) is 3.84. The van der Waals surface area contributed by atoms with E-state index in [1.54, 1.807) is 26.0 Å². The van der Waals surface area contributed by atoms with Crippen LogP contribution in [0.15, 0.2) is 51.0 Å². The fourth-order valence-electron chi connectivity index (χ4n) is 2.87. The van der Waals surface area contributed by atoms with Gasteiger partial charge in [0.2, 0.25) is 5.88 Å². The van der Waals surface area contributed by atoms with Crippen molar-refractivity contribution in [3.05, 3.63) is 89.6 Å². The summed E-state index contributed by atoms with van der Waals surface area (Å²) >= 11 is 0. The summed E-state index contributed by atoms with van der Waals surface area (Å²) in [7, 11) is 0. The molecular weight excluding hydrogens is 376 g/mol. The van der Waals surface area contributed by atoms with Gasteiger partial charge < -0.3 is 5.11 Å². The van der Waals surface area contributed by atoms with Crippen molar-refractivity contribution in [2.75, 3.05) is 0 Å². The van der Waals surface area contributed by atoms with Crippen LogP contribution in [-0.4, -0.2) is 25.8 Å². The van der Waals surface area contributed by atoms with Gasteiger partial charge in [0.05, 0.1) is 16.3 Å². The van der Waals surface area contributed by atoms with Crippen LogP contribution in [0.5, 0.6) is 5.88 Å². The highest BCUT2D eigenvalue weighted by atomic mass is 16.6. The molecule has 0 radical (unpaired) electrons. The molecule has 0 saturated carbocycles. The summed E-state index contributed by atoms with van der Waals surface area (Å²) in [4.78, 5) is 41.2. The van der Waals surface area contributed by atoms with Crippen LogP contribution in [-0.2, 0) is 0 Å². The molecule has 3 aromatic rings. The van der Waals surface area contributed by atoms with Gasteiger partial charge >= 0.3 is 5.69 Å². The highest BCUT2D eigenvalue weighted by Gasteiger charge is 2.16. The Bertz CT molecular complexity index is 1270. The first-order valence-electron chi connectivity index (χ1n) is 8.64. The van der Waals surface area contributed by atoms with Crippen molar-refractivity contribution in [1.82, 2.24) is 9.55 Å². The van der Waals surface area contributed by atoms with E-state index in [0.717, 1.165) is 21.9 Å². The highest BCUT2D eigenvalue weighted by molar-refractivity contribution is 5.84. The average molecular weight is 394 g/mol. The molecule has 1 aromatic heterocycles. The molecule has 3 rings (SSSR count). The van der Waals surface area contributed by atoms with E-state index in [9.17, 15) is 24.8 Å². The molecule has 0 amide bonds. The number of aromatic nitrogens is 2. The van der Waals surface area contributed by atoms with Gasteiger partial charge in [0.1, 0.15) is 5.56 Å². The predicted molar refractivity (Wildman–Crippen MR) is 109 cm³/mol.